The van der Waals surface area contributed by atoms with E-state index in [9.17, 15) is 15.3 Å². The van der Waals surface area contributed by atoms with E-state index in [0.29, 0.717) is 13.2 Å². The van der Waals surface area contributed by atoms with Crippen LogP contribution < -0.4 is 14.4 Å². The molecule has 0 unspecified atom stereocenters. The minimum absolute atomic E-state index is 0.00231. The smallest absolute Gasteiger partial charge is 0.319 e. The van der Waals surface area contributed by atoms with Crippen LogP contribution in [-0.4, -0.2) is 23.3 Å². The lowest BCUT2D eigenvalue weighted by Gasteiger charge is -2.15. The molecule has 0 fully saturated rings. The average Bonchev–Trinajstić information content (AvgIpc) is 2.70. The van der Waals surface area contributed by atoms with Gasteiger partial charge in [-0.3, -0.25) is 14.7 Å². The van der Waals surface area contributed by atoms with Gasteiger partial charge in [-0.2, -0.15) is 0 Å². The molecule has 0 N–H and O–H groups in total. The number of aromatic nitrogens is 2. The first-order valence-corrected chi connectivity index (χ1v) is 5.65. The number of fused-ring (bicyclic) bond motifs is 3. The Morgan fingerprint density at radius 3 is 2.63 bits per heavy atom. The molecule has 0 saturated carbocycles. The summed E-state index contributed by atoms with van der Waals surface area (Å²) in [5.41, 5.74) is -0.231. The molecule has 2 heterocycles. The largest absolute Gasteiger partial charge is 0.486 e. The Bertz CT molecular complexity index is 652. The Morgan fingerprint density at radius 1 is 1.26 bits per heavy atom. The van der Waals surface area contributed by atoms with E-state index in [2.05, 4.69) is 9.79 Å². The van der Waals surface area contributed by atoms with Gasteiger partial charge in [0.15, 0.2) is 0 Å². The van der Waals surface area contributed by atoms with Crippen LogP contribution in [-0.2, 0) is 0 Å². The minimum Gasteiger partial charge on any atom is -0.486 e. The van der Waals surface area contributed by atoms with Gasteiger partial charge in [0.05, 0.1) is 24.2 Å². The molecule has 100 valence electrons. The molecule has 0 bridgehead atoms. The maximum atomic E-state index is 11.5. The van der Waals surface area contributed by atoms with Crippen LogP contribution in [0, 0.1) is 15.3 Å². The molecule has 0 spiro atoms. The molecule has 0 radical (unpaired) electrons. The summed E-state index contributed by atoms with van der Waals surface area (Å²) in [5, 5.41) is 26.0. The maximum absolute atomic E-state index is 11.5. The van der Waals surface area contributed by atoms with Crippen LogP contribution in [0.15, 0.2) is 10.7 Å². The van der Waals surface area contributed by atoms with Crippen molar-refractivity contribution in [3.05, 3.63) is 21.4 Å². The van der Waals surface area contributed by atoms with Crippen LogP contribution >= 0.6 is 0 Å². The van der Waals surface area contributed by atoms with Crippen molar-refractivity contribution in [2.24, 2.45) is 0 Å². The molecular formula is C10H9N3O6. The first kappa shape index (κ1) is 11.5. The monoisotopic (exact) mass is 267 g/mol. The summed E-state index contributed by atoms with van der Waals surface area (Å²) in [6.45, 7) is 0.671. The van der Waals surface area contributed by atoms with Gasteiger partial charge in [0, 0.05) is 5.16 Å². The van der Waals surface area contributed by atoms with Crippen LogP contribution in [0.4, 0.5) is 5.69 Å². The van der Waals surface area contributed by atoms with E-state index in [4.69, 9.17) is 9.47 Å². The number of hydrogen-bond acceptors (Lipinski definition) is 7. The Hall–Kier alpha value is -2.58. The summed E-state index contributed by atoms with van der Waals surface area (Å²) in [7, 11) is 0. The summed E-state index contributed by atoms with van der Waals surface area (Å²) in [4.78, 5) is 10.6. The van der Waals surface area contributed by atoms with Crippen molar-refractivity contribution in [2.75, 3.05) is 13.2 Å². The molecule has 0 saturated heterocycles. The highest BCUT2D eigenvalue weighted by Gasteiger charge is 2.31. The Labute approximate surface area is 106 Å². The molecule has 0 aliphatic carbocycles. The average molecular weight is 267 g/mol. The summed E-state index contributed by atoms with van der Waals surface area (Å²) >= 11 is 0. The number of benzene rings is 1. The van der Waals surface area contributed by atoms with Gasteiger partial charge in [-0.1, -0.05) is 0 Å². The van der Waals surface area contributed by atoms with Gasteiger partial charge in [-0.15, -0.1) is 0 Å². The number of hydrogen-bond donors (Lipinski definition) is 0. The van der Waals surface area contributed by atoms with Crippen LogP contribution in [0.25, 0.3) is 11.0 Å². The van der Waals surface area contributed by atoms with Gasteiger partial charge in [0.25, 0.3) is 11.0 Å². The first-order valence-electron chi connectivity index (χ1n) is 5.65. The highest BCUT2D eigenvalue weighted by Crippen LogP contribution is 2.42. The molecule has 0 atom stereocenters. The third-order valence-electron chi connectivity index (χ3n) is 2.79. The fourth-order valence-electron chi connectivity index (χ4n) is 1.93. The number of nitro groups is 1. The third kappa shape index (κ3) is 1.79. The summed E-state index contributed by atoms with van der Waals surface area (Å²) in [6.07, 6.45) is 1.45. The maximum Gasteiger partial charge on any atom is 0.319 e. The van der Waals surface area contributed by atoms with Crippen LogP contribution in [0.5, 0.6) is 11.5 Å². The fraction of sp³-hybridized carbons (Fsp3) is 0.400. The van der Waals surface area contributed by atoms with E-state index in [1.807, 2.05) is 0 Å². The Balaban J connectivity index is 2.32. The van der Waals surface area contributed by atoms with Crippen LogP contribution in [0.3, 0.4) is 0 Å². The molecular weight excluding hydrogens is 258 g/mol. The second kappa shape index (κ2) is 4.26. The topological polar surface area (TPSA) is 115 Å². The number of nitrogens with zero attached hydrogens (tertiary/aromatic N) is 3. The van der Waals surface area contributed by atoms with Crippen LogP contribution in [0.1, 0.15) is 12.8 Å². The zero-order valence-corrected chi connectivity index (χ0v) is 9.70. The Kier molecular flexibility index (Phi) is 2.58. The van der Waals surface area contributed by atoms with Gasteiger partial charge >= 0.3 is 5.69 Å². The summed E-state index contributed by atoms with van der Waals surface area (Å²) < 4.78 is 15.2. The lowest BCUT2D eigenvalue weighted by atomic mass is 10.2. The van der Waals surface area contributed by atoms with E-state index in [0.717, 1.165) is 18.9 Å². The highest BCUT2D eigenvalue weighted by atomic mass is 16.8. The summed E-state index contributed by atoms with van der Waals surface area (Å²) in [6, 6.07) is 1.14. The van der Waals surface area contributed by atoms with Gasteiger partial charge in [0.1, 0.15) is 0 Å². The van der Waals surface area contributed by atoms with Gasteiger partial charge in [0.2, 0.25) is 11.5 Å². The van der Waals surface area contributed by atoms with Gasteiger partial charge < -0.3 is 14.7 Å². The molecule has 2 aromatic rings. The molecule has 19 heavy (non-hydrogen) atoms. The predicted octanol–water partition coefficient (Wildman–Crippen LogP) is 0.921. The SMILES string of the molecule is O=[N+]([O-])c1cc2no[n+]([O-])c2c2c1OCCCCO2. The van der Waals surface area contributed by atoms with E-state index in [1.165, 1.54) is 0 Å². The highest BCUT2D eigenvalue weighted by molar-refractivity contribution is 5.85. The molecule has 1 aliphatic rings. The van der Waals surface area contributed by atoms with Crippen molar-refractivity contribution in [3.63, 3.8) is 0 Å². The summed E-state index contributed by atoms with van der Waals surface area (Å²) in [5.74, 6) is -0.0369. The van der Waals surface area contributed by atoms with Crippen molar-refractivity contribution in [2.45, 2.75) is 12.8 Å². The molecule has 9 nitrogen and oxygen atoms in total. The lowest BCUT2D eigenvalue weighted by Crippen LogP contribution is -2.24. The Morgan fingerprint density at radius 2 is 1.95 bits per heavy atom. The molecule has 9 heteroatoms. The molecule has 1 aliphatic heterocycles. The lowest BCUT2D eigenvalue weighted by molar-refractivity contribution is -0.782. The number of ether oxygens (including phenoxy) is 2. The molecule has 3 rings (SSSR count). The van der Waals surface area contributed by atoms with Crippen molar-refractivity contribution in [3.8, 4) is 11.5 Å². The first-order chi connectivity index (χ1) is 9.18. The van der Waals surface area contributed by atoms with Crippen LogP contribution in [0.2, 0.25) is 0 Å². The molecule has 0 amide bonds. The molecule has 1 aromatic heterocycles. The third-order valence-corrected chi connectivity index (χ3v) is 2.79. The second-order valence-corrected chi connectivity index (χ2v) is 4.01. The van der Waals surface area contributed by atoms with Gasteiger partial charge in [-0.25, -0.2) is 0 Å². The second-order valence-electron chi connectivity index (χ2n) is 4.01. The van der Waals surface area contributed by atoms with Gasteiger partial charge in [-0.05, 0) is 17.7 Å². The number of nitro benzene ring substituents is 1. The van der Waals surface area contributed by atoms with E-state index < -0.39 is 4.92 Å². The number of rotatable bonds is 1. The van der Waals surface area contributed by atoms with E-state index in [1.54, 1.807) is 0 Å². The van der Waals surface area contributed by atoms with Crippen molar-refractivity contribution in [1.82, 2.24) is 5.16 Å². The zero-order valence-electron chi connectivity index (χ0n) is 9.70. The standard InChI is InChI=1S/C10H9N3O6/c14-12(15)7-5-6-8(13(16)19-11-6)10-9(7)17-3-1-2-4-18-10/h5H,1-4H2. The quantitative estimate of drug-likeness (QED) is 0.428. The molecule has 1 aromatic carbocycles. The van der Waals surface area contributed by atoms with E-state index in [-0.39, 0.29) is 33.1 Å². The minimum atomic E-state index is -0.604. The van der Waals surface area contributed by atoms with Crippen molar-refractivity contribution >= 4 is 16.7 Å². The normalized spacial score (nSPS) is 14.9. The predicted molar refractivity (Wildman–Crippen MR) is 59.8 cm³/mol. The van der Waals surface area contributed by atoms with Crippen molar-refractivity contribution < 1.29 is 23.9 Å². The van der Waals surface area contributed by atoms with Crippen molar-refractivity contribution in [1.29, 1.82) is 0 Å². The zero-order chi connectivity index (χ0) is 13.4. The van der Waals surface area contributed by atoms with E-state index >= 15 is 0 Å². The fourth-order valence-corrected chi connectivity index (χ4v) is 1.93.